The van der Waals surface area contributed by atoms with Gasteiger partial charge in [-0.2, -0.15) is 0 Å². The first kappa shape index (κ1) is 23.1. The summed E-state index contributed by atoms with van der Waals surface area (Å²) in [6, 6.07) is 1.94. The van der Waals surface area contributed by atoms with Crippen molar-refractivity contribution >= 4 is 34.7 Å². The summed E-state index contributed by atoms with van der Waals surface area (Å²) in [7, 11) is 6.69. The van der Waals surface area contributed by atoms with Crippen LogP contribution in [-0.4, -0.2) is 84.0 Å². The van der Waals surface area contributed by atoms with E-state index in [4.69, 9.17) is 5.73 Å². The summed E-state index contributed by atoms with van der Waals surface area (Å²) in [4.78, 5) is 68.6. The van der Waals surface area contributed by atoms with Gasteiger partial charge in [-0.3, -0.25) is 28.9 Å². The number of rotatable bonds is 3. The minimum atomic E-state index is -2.70. The lowest BCUT2D eigenvalue weighted by Gasteiger charge is -2.52. The summed E-state index contributed by atoms with van der Waals surface area (Å²) in [5.41, 5.74) is 3.87. The number of primary amides is 1. The number of phenols is 1. The lowest BCUT2D eigenvalue weighted by atomic mass is 9.52. The van der Waals surface area contributed by atoms with Crippen LogP contribution >= 0.6 is 0 Å². The smallest absolute Gasteiger partial charge is 0.235 e. The van der Waals surface area contributed by atoms with Crippen LogP contribution < -0.4 is 10.6 Å². The summed E-state index contributed by atoms with van der Waals surface area (Å²) in [6.07, 6.45) is 0.278. The highest BCUT2D eigenvalue weighted by Crippen LogP contribution is 2.51. The maximum absolute atomic E-state index is 13.7. The molecule has 1 aromatic rings. The molecule has 0 radical (unpaired) electrons. The van der Waals surface area contributed by atoms with Crippen molar-refractivity contribution in [2.75, 3.05) is 33.1 Å². The Labute approximate surface area is 190 Å². The van der Waals surface area contributed by atoms with Crippen LogP contribution in [0, 0.1) is 23.7 Å². The van der Waals surface area contributed by atoms with Crippen LogP contribution in [0.25, 0.3) is 0 Å². The fraction of sp³-hybridized carbons (Fsp3) is 0.522. The third-order valence-electron chi connectivity index (χ3n) is 7.40. The van der Waals surface area contributed by atoms with Crippen molar-refractivity contribution in [1.29, 1.82) is 0 Å². The van der Waals surface area contributed by atoms with Gasteiger partial charge < -0.3 is 20.8 Å². The molecule has 2 saturated carbocycles. The fourth-order valence-corrected chi connectivity index (χ4v) is 6.01. The van der Waals surface area contributed by atoms with E-state index in [0.717, 1.165) is 0 Å². The first-order valence-electron chi connectivity index (χ1n) is 10.7. The van der Waals surface area contributed by atoms with Crippen LogP contribution in [0.15, 0.2) is 12.1 Å². The molecule has 10 heteroatoms. The second-order valence-electron chi connectivity index (χ2n) is 9.64. The van der Waals surface area contributed by atoms with E-state index in [1.165, 1.54) is 11.0 Å². The molecule has 0 aromatic heterocycles. The summed E-state index contributed by atoms with van der Waals surface area (Å²) in [6.45, 7) is 0. The average molecular weight is 457 g/mol. The Morgan fingerprint density at radius 2 is 1.73 bits per heavy atom. The van der Waals surface area contributed by atoms with E-state index in [0.29, 0.717) is 11.3 Å². The van der Waals surface area contributed by atoms with Gasteiger partial charge in [-0.05, 0) is 50.6 Å². The summed E-state index contributed by atoms with van der Waals surface area (Å²) >= 11 is 0. The highest BCUT2D eigenvalue weighted by atomic mass is 16.3. The Hall–Kier alpha value is -3.11. The molecular formula is C23H27N3O7. The molecule has 6 atom stereocenters. The normalized spacial score (nSPS) is 33.5. The van der Waals surface area contributed by atoms with Gasteiger partial charge in [-0.15, -0.1) is 0 Å². The number of aromatic hydroxyl groups is 1. The summed E-state index contributed by atoms with van der Waals surface area (Å²) in [5, 5.41) is 21.9. The van der Waals surface area contributed by atoms with E-state index in [2.05, 4.69) is 0 Å². The number of Topliss-reactive ketones (excluding diaryl/α,β-unsaturated/α-hetero) is 4. The van der Waals surface area contributed by atoms with Crippen molar-refractivity contribution in [3.8, 4) is 5.75 Å². The minimum Gasteiger partial charge on any atom is -0.507 e. The van der Waals surface area contributed by atoms with Crippen LogP contribution in [-0.2, 0) is 25.6 Å². The quantitative estimate of drug-likeness (QED) is 0.481. The Morgan fingerprint density at radius 3 is 2.27 bits per heavy atom. The third-order valence-corrected chi connectivity index (χ3v) is 7.40. The van der Waals surface area contributed by atoms with E-state index < -0.39 is 64.4 Å². The number of anilines is 1. The Morgan fingerprint density at radius 1 is 1.09 bits per heavy atom. The zero-order valence-electron chi connectivity index (χ0n) is 18.9. The number of benzene rings is 1. The molecule has 0 spiro atoms. The summed E-state index contributed by atoms with van der Waals surface area (Å²) in [5.74, 6) is -10.3. The number of hydrogen-bond donors (Lipinski definition) is 3. The number of amides is 1. The zero-order chi connectivity index (χ0) is 24.6. The largest absolute Gasteiger partial charge is 0.507 e. The molecule has 3 aliphatic rings. The number of fused-ring (bicyclic) bond motifs is 3. The molecule has 10 nitrogen and oxygen atoms in total. The fourth-order valence-electron chi connectivity index (χ4n) is 6.01. The van der Waals surface area contributed by atoms with Crippen molar-refractivity contribution in [3.05, 3.63) is 23.3 Å². The second kappa shape index (κ2) is 7.46. The maximum Gasteiger partial charge on any atom is 0.235 e. The molecule has 1 aromatic carbocycles. The highest BCUT2D eigenvalue weighted by Gasteiger charge is 2.69. The number of carbonyl (C=O) groups excluding carboxylic acids is 5. The summed E-state index contributed by atoms with van der Waals surface area (Å²) < 4.78 is 0. The first-order chi connectivity index (χ1) is 15.3. The maximum atomic E-state index is 13.7. The van der Waals surface area contributed by atoms with Crippen LogP contribution in [0.3, 0.4) is 0 Å². The van der Waals surface area contributed by atoms with Crippen molar-refractivity contribution in [1.82, 2.24) is 4.90 Å². The van der Waals surface area contributed by atoms with Crippen LogP contribution in [0.5, 0.6) is 5.75 Å². The standard InChI is InChI=1S/C23H27N3O7/c1-25(2)12-5-6-13(27)15-10(12)7-9-8-11-17(26(3)4)19(29)16(22(24)32)21(31)23(11,33)20(30)14(9)18(15)28/h5-6,9,11,14,16-17,27,33H,7-8H2,1-4H3,(H2,24,32)/t9?,11?,14?,16?,17-,23-/m1/s1. The molecule has 1 amide bonds. The Balaban J connectivity index is 1.89. The SMILES string of the molecule is CN(C)c1ccc(O)c2c1CC1CC3[C@@H](N(C)C)C(=O)C(C(N)=O)C(=O)[C@]3(O)C(=O)C1C2=O. The Kier molecular flexibility index (Phi) is 5.21. The van der Waals surface area contributed by atoms with E-state index in [-0.39, 0.29) is 24.2 Å². The van der Waals surface area contributed by atoms with E-state index in [9.17, 15) is 34.2 Å². The van der Waals surface area contributed by atoms with Gasteiger partial charge in [0.2, 0.25) is 5.91 Å². The van der Waals surface area contributed by atoms with Crippen LogP contribution in [0.1, 0.15) is 22.3 Å². The predicted octanol–water partition coefficient (Wildman–Crippen LogP) is -1.07. The van der Waals surface area contributed by atoms with E-state index in [1.807, 2.05) is 0 Å². The van der Waals surface area contributed by atoms with Crippen molar-refractivity contribution < 1.29 is 34.2 Å². The highest BCUT2D eigenvalue weighted by molar-refractivity contribution is 6.32. The third kappa shape index (κ3) is 2.97. The topological polar surface area (TPSA) is 158 Å². The number of carbonyl (C=O) groups is 5. The van der Waals surface area contributed by atoms with E-state index >= 15 is 0 Å². The van der Waals surface area contributed by atoms with Crippen molar-refractivity contribution in [2.24, 2.45) is 29.4 Å². The molecule has 0 bridgehead atoms. The molecule has 3 aliphatic carbocycles. The monoisotopic (exact) mass is 457 g/mol. The lowest BCUT2D eigenvalue weighted by Crippen LogP contribution is -2.74. The molecule has 4 unspecified atom stereocenters. The van der Waals surface area contributed by atoms with Gasteiger partial charge in [-0.1, -0.05) is 0 Å². The first-order valence-corrected chi connectivity index (χ1v) is 10.7. The molecule has 0 heterocycles. The van der Waals surface area contributed by atoms with Gasteiger partial charge in [0.25, 0.3) is 0 Å². The van der Waals surface area contributed by atoms with Crippen molar-refractivity contribution in [2.45, 2.75) is 24.5 Å². The van der Waals surface area contributed by atoms with Crippen LogP contribution in [0.2, 0.25) is 0 Å². The van der Waals surface area contributed by atoms with Crippen molar-refractivity contribution in [3.63, 3.8) is 0 Å². The number of nitrogens with zero attached hydrogens (tertiary/aromatic N) is 2. The average Bonchev–Trinajstić information content (AvgIpc) is 2.70. The number of ketones is 4. The van der Waals surface area contributed by atoms with Gasteiger partial charge in [0.05, 0.1) is 17.5 Å². The molecule has 2 fully saturated rings. The number of phenolic OH excluding ortho intramolecular Hbond substituents is 1. The number of hydrogen-bond acceptors (Lipinski definition) is 9. The Bertz CT molecular complexity index is 1110. The van der Waals surface area contributed by atoms with E-state index in [1.54, 1.807) is 39.2 Å². The molecule has 4 rings (SSSR count). The minimum absolute atomic E-state index is 0.00667. The molecule has 0 saturated heterocycles. The molecule has 33 heavy (non-hydrogen) atoms. The molecule has 0 aliphatic heterocycles. The van der Waals surface area contributed by atoms with Gasteiger partial charge in [0, 0.05) is 25.7 Å². The van der Waals surface area contributed by atoms with Gasteiger partial charge in [0.15, 0.2) is 34.7 Å². The zero-order valence-corrected chi connectivity index (χ0v) is 18.9. The van der Waals surface area contributed by atoms with Gasteiger partial charge >= 0.3 is 0 Å². The molecular weight excluding hydrogens is 430 g/mol. The second-order valence-corrected chi connectivity index (χ2v) is 9.64. The van der Waals surface area contributed by atoms with Gasteiger partial charge in [0.1, 0.15) is 5.75 Å². The lowest BCUT2D eigenvalue weighted by molar-refractivity contribution is -0.181. The number of aliphatic hydroxyl groups is 1. The van der Waals surface area contributed by atoms with Gasteiger partial charge in [-0.25, -0.2) is 0 Å². The molecule has 176 valence electrons. The molecule has 4 N–H and O–H groups in total. The number of likely N-dealkylation sites (N-methyl/N-ethyl adjacent to an activating group) is 1. The predicted molar refractivity (Wildman–Crippen MR) is 116 cm³/mol. The number of nitrogens with two attached hydrogens (primary N) is 1. The van der Waals surface area contributed by atoms with Crippen LogP contribution in [0.4, 0.5) is 5.69 Å².